The first kappa shape index (κ1) is 21.5. The van der Waals surface area contributed by atoms with Gasteiger partial charge in [0.15, 0.2) is 5.96 Å². The molecule has 1 aliphatic rings. The smallest absolute Gasteiger partial charge is 0.193 e. The number of hydrogen-bond acceptors (Lipinski definition) is 2. The molecular weight excluding hydrogens is 437 g/mol. The van der Waals surface area contributed by atoms with Gasteiger partial charge in [-0.1, -0.05) is 29.8 Å². The molecule has 2 rings (SSSR count). The van der Waals surface area contributed by atoms with E-state index in [1.54, 1.807) is 0 Å². The van der Waals surface area contributed by atoms with Crippen molar-refractivity contribution in [1.82, 2.24) is 10.2 Å². The molecule has 0 aliphatic carbocycles. The minimum Gasteiger partial charge on any atom is -0.381 e. The molecule has 0 spiro atoms. The van der Waals surface area contributed by atoms with Gasteiger partial charge in [-0.2, -0.15) is 0 Å². The van der Waals surface area contributed by atoms with Crippen LogP contribution in [0, 0.1) is 5.92 Å². The molecule has 24 heavy (non-hydrogen) atoms. The first-order valence-electron chi connectivity index (χ1n) is 8.43. The van der Waals surface area contributed by atoms with Crippen molar-refractivity contribution in [1.29, 1.82) is 0 Å². The van der Waals surface area contributed by atoms with E-state index in [-0.39, 0.29) is 24.0 Å². The van der Waals surface area contributed by atoms with Gasteiger partial charge in [-0.3, -0.25) is 4.99 Å². The van der Waals surface area contributed by atoms with E-state index in [2.05, 4.69) is 28.3 Å². The first-order chi connectivity index (χ1) is 11.2. The summed E-state index contributed by atoms with van der Waals surface area (Å²) < 4.78 is 5.42. The van der Waals surface area contributed by atoms with Gasteiger partial charge < -0.3 is 15.0 Å². The van der Waals surface area contributed by atoms with Crippen LogP contribution in [0.25, 0.3) is 0 Å². The van der Waals surface area contributed by atoms with Crippen LogP contribution in [0.15, 0.2) is 29.3 Å². The minimum atomic E-state index is 0. The molecule has 0 atom stereocenters. The third-order valence-electron chi connectivity index (χ3n) is 4.42. The fourth-order valence-corrected chi connectivity index (χ4v) is 3.14. The Labute approximate surface area is 168 Å². The van der Waals surface area contributed by atoms with Crippen LogP contribution in [-0.4, -0.2) is 51.3 Å². The van der Waals surface area contributed by atoms with Gasteiger partial charge in [0, 0.05) is 45.4 Å². The lowest BCUT2D eigenvalue weighted by Crippen LogP contribution is -2.40. The van der Waals surface area contributed by atoms with Crippen molar-refractivity contribution in [2.75, 3.05) is 40.4 Å². The SMILES string of the molecule is CN=C(NCCc1ccccc1Cl)N(C)CCC1CCOCC1.I. The third kappa shape index (κ3) is 7.15. The fourth-order valence-electron chi connectivity index (χ4n) is 2.91. The second-order valence-corrected chi connectivity index (χ2v) is 6.49. The summed E-state index contributed by atoms with van der Waals surface area (Å²) in [6.45, 7) is 3.69. The van der Waals surface area contributed by atoms with E-state index in [0.29, 0.717) is 0 Å². The van der Waals surface area contributed by atoms with Crippen LogP contribution in [0.3, 0.4) is 0 Å². The summed E-state index contributed by atoms with van der Waals surface area (Å²) in [7, 11) is 3.94. The average molecular weight is 466 g/mol. The summed E-state index contributed by atoms with van der Waals surface area (Å²) in [5.74, 6) is 1.73. The lowest BCUT2D eigenvalue weighted by molar-refractivity contribution is 0.0625. The van der Waals surface area contributed by atoms with E-state index in [9.17, 15) is 0 Å². The van der Waals surface area contributed by atoms with Crippen molar-refractivity contribution < 1.29 is 4.74 Å². The number of nitrogens with one attached hydrogen (secondary N) is 1. The number of ether oxygens (including phenoxy) is 1. The van der Waals surface area contributed by atoms with Crippen molar-refractivity contribution in [3.63, 3.8) is 0 Å². The summed E-state index contributed by atoms with van der Waals surface area (Å²) >= 11 is 6.19. The van der Waals surface area contributed by atoms with Gasteiger partial charge in [-0.05, 0) is 43.2 Å². The Morgan fingerprint density at radius 1 is 1.33 bits per heavy atom. The number of halogens is 2. The molecule has 1 saturated heterocycles. The predicted molar refractivity (Wildman–Crippen MR) is 113 cm³/mol. The predicted octanol–water partition coefficient (Wildman–Crippen LogP) is 3.82. The van der Waals surface area contributed by atoms with Crippen molar-refractivity contribution in [3.8, 4) is 0 Å². The third-order valence-corrected chi connectivity index (χ3v) is 4.79. The van der Waals surface area contributed by atoms with Gasteiger partial charge in [0.05, 0.1) is 0 Å². The molecule has 0 saturated carbocycles. The summed E-state index contributed by atoms with van der Waals surface area (Å²) in [6, 6.07) is 7.99. The van der Waals surface area contributed by atoms with Crippen molar-refractivity contribution in [3.05, 3.63) is 34.9 Å². The second kappa shape index (κ2) is 11.9. The largest absolute Gasteiger partial charge is 0.381 e. The Bertz CT molecular complexity index is 507. The molecule has 136 valence electrons. The molecule has 1 heterocycles. The molecule has 4 nitrogen and oxygen atoms in total. The Kier molecular flexibility index (Phi) is 10.7. The van der Waals surface area contributed by atoms with Crippen LogP contribution >= 0.6 is 35.6 Å². The molecule has 0 unspecified atom stereocenters. The van der Waals surface area contributed by atoms with Crippen LogP contribution in [-0.2, 0) is 11.2 Å². The zero-order valence-corrected chi connectivity index (χ0v) is 17.7. The Hall–Kier alpha value is -0.530. The Morgan fingerprint density at radius 2 is 2.04 bits per heavy atom. The van der Waals surface area contributed by atoms with Crippen LogP contribution in [0.2, 0.25) is 5.02 Å². The summed E-state index contributed by atoms with van der Waals surface area (Å²) in [6.07, 6.45) is 4.47. The van der Waals surface area contributed by atoms with Crippen LogP contribution in [0.5, 0.6) is 0 Å². The molecule has 0 radical (unpaired) electrons. The van der Waals surface area contributed by atoms with Gasteiger partial charge in [-0.25, -0.2) is 0 Å². The van der Waals surface area contributed by atoms with E-state index in [4.69, 9.17) is 16.3 Å². The van der Waals surface area contributed by atoms with E-state index < -0.39 is 0 Å². The minimum absolute atomic E-state index is 0. The molecule has 0 aromatic heterocycles. The van der Waals surface area contributed by atoms with Crippen LogP contribution in [0.4, 0.5) is 0 Å². The van der Waals surface area contributed by atoms with E-state index in [1.807, 2.05) is 25.2 Å². The van der Waals surface area contributed by atoms with E-state index >= 15 is 0 Å². The first-order valence-corrected chi connectivity index (χ1v) is 8.81. The maximum atomic E-state index is 6.19. The average Bonchev–Trinajstić information content (AvgIpc) is 2.59. The highest BCUT2D eigenvalue weighted by atomic mass is 127. The lowest BCUT2D eigenvalue weighted by atomic mass is 9.96. The second-order valence-electron chi connectivity index (χ2n) is 6.08. The molecule has 1 aliphatic heterocycles. The zero-order chi connectivity index (χ0) is 16.5. The lowest BCUT2D eigenvalue weighted by Gasteiger charge is -2.26. The van der Waals surface area contributed by atoms with Gasteiger partial charge in [-0.15, -0.1) is 24.0 Å². The number of hydrogen-bond donors (Lipinski definition) is 1. The number of rotatable bonds is 6. The molecule has 1 N–H and O–H groups in total. The molecule has 0 amide bonds. The van der Waals surface area contributed by atoms with Gasteiger partial charge in [0.2, 0.25) is 0 Å². The maximum Gasteiger partial charge on any atom is 0.193 e. The number of nitrogens with zero attached hydrogens (tertiary/aromatic N) is 2. The van der Waals surface area contributed by atoms with E-state index in [0.717, 1.165) is 49.6 Å². The fraction of sp³-hybridized carbons (Fsp3) is 0.611. The molecule has 6 heteroatoms. The Morgan fingerprint density at radius 3 is 2.71 bits per heavy atom. The maximum absolute atomic E-state index is 6.19. The van der Waals surface area contributed by atoms with Gasteiger partial charge in [0.1, 0.15) is 0 Å². The summed E-state index contributed by atoms with van der Waals surface area (Å²) in [5.41, 5.74) is 1.17. The highest BCUT2D eigenvalue weighted by molar-refractivity contribution is 14.0. The van der Waals surface area contributed by atoms with Crippen molar-refractivity contribution in [2.45, 2.75) is 25.7 Å². The molecular formula is C18H29ClIN3O. The summed E-state index contributed by atoms with van der Waals surface area (Å²) in [4.78, 5) is 6.59. The van der Waals surface area contributed by atoms with Crippen LogP contribution in [0.1, 0.15) is 24.8 Å². The van der Waals surface area contributed by atoms with Gasteiger partial charge >= 0.3 is 0 Å². The quantitative estimate of drug-likeness (QED) is 0.394. The topological polar surface area (TPSA) is 36.9 Å². The van der Waals surface area contributed by atoms with Crippen molar-refractivity contribution >= 4 is 41.5 Å². The molecule has 1 fully saturated rings. The van der Waals surface area contributed by atoms with E-state index in [1.165, 1.54) is 24.8 Å². The standard InChI is InChI=1S/C18H28ClN3O.HI/c1-20-18(21-11-7-16-5-3-4-6-17(16)19)22(2)12-8-15-9-13-23-14-10-15;/h3-6,15H,7-14H2,1-2H3,(H,20,21);1H. The zero-order valence-electron chi connectivity index (χ0n) is 14.6. The number of aliphatic imine (C=N–C) groups is 1. The Balaban J connectivity index is 0.00000288. The summed E-state index contributed by atoms with van der Waals surface area (Å²) in [5, 5.41) is 4.26. The van der Waals surface area contributed by atoms with Crippen LogP contribution < -0.4 is 5.32 Å². The highest BCUT2D eigenvalue weighted by Crippen LogP contribution is 2.18. The molecule has 0 bridgehead atoms. The molecule has 1 aromatic carbocycles. The van der Waals surface area contributed by atoms with Crippen molar-refractivity contribution in [2.24, 2.45) is 10.9 Å². The highest BCUT2D eigenvalue weighted by Gasteiger charge is 2.15. The monoisotopic (exact) mass is 465 g/mol. The number of guanidine groups is 1. The van der Waals surface area contributed by atoms with Gasteiger partial charge in [0.25, 0.3) is 0 Å². The number of benzene rings is 1. The normalized spacial score (nSPS) is 15.7. The molecule has 1 aromatic rings.